The molecule has 0 saturated carbocycles. The molecule has 2 aromatic carbocycles. The average Bonchev–Trinajstić information content (AvgIpc) is 3.18. The van der Waals surface area contributed by atoms with Gasteiger partial charge in [-0.05, 0) is 37.1 Å². The average molecular weight is 448 g/mol. The Labute approximate surface area is 181 Å². The van der Waals surface area contributed by atoms with E-state index in [4.69, 9.17) is 14.2 Å². The van der Waals surface area contributed by atoms with Gasteiger partial charge < -0.3 is 19.1 Å². The maximum absolute atomic E-state index is 13.1. The number of amides is 1. The van der Waals surface area contributed by atoms with Crippen molar-refractivity contribution in [2.24, 2.45) is 0 Å². The molecule has 1 saturated heterocycles. The van der Waals surface area contributed by atoms with E-state index in [2.05, 4.69) is 4.72 Å². The number of methoxy groups -OCH3 is 3. The van der Waals surface area contributed by atoms with Crippen molar-refractivity contribution in [2.45, 2.75) is 24.7 Å². The van der Waals surface area contributed by atoms with Gasteiger partial charge in [0.25, 0.3) is 10.0 Å². The smallest absolute Gasteiger partial charge is 0.340 e. The third-order valence-corrected chi connectivity index (χ3v) is 6.38. The van der Waals surface area contributed by atoms with Crippen LogP contribution in [0.4, 0.5) is 11.4 Å². The molecule has 0 aliphatic carbocycles. The van der Waals surface area contributed by atoms with E-state index in [1.807, 2.05) is 0 Å². The number of rotatable bonds is 7. The Morgan fingerprint density at radius 1 is 1.06 bits per heavy atom. The van der Waals surface area contributed by atoms with Crippen LogP contribution >= 0.6 is 0 Å². The van der Waals surface area contributed by atoms with Crippen LogP contribution in [0.3, 0.4) is 0 Å². The molecule has 3 rings (SSSR count). The van der Waals surface area contributed by atoms with E-state index in [0.717, 1.165) is 6.42 Å². The second-order valence-corrected chi connectivity index (χ2v) is 8.63. The molecule has 9 nitrogen and oxygen atoms in total. The minimum Gasteiger partial charge on any atom is -0.493 e. The van der Waals surface area contributed by atoms with Gasteiger partial charge in [-0.3, -0.25) is 9.52 Å². The fourth-order valence-corrected chi connectivity index (χ4v) is 4.60. The van der Waals surface area contributed by atoms with Crippen LogP contribution in [0.15, 0.2) is 35.2 Å². The van der Waals surface area contributed by atoms with E-state index in [1.165, 1.54) is 45.6 Å². The standard InChI is InChI=1S/C21H24N2O7S/c1-13-10-14(7-8-17(13)23-9-5-6-20(23)24)31(26,27)22-16-12-19(29-3)18(28-2)11-15(16)21(25)30-4/h7-8,10-12,22H,5-6,9H2,1-4H3. The number of esters is 1. The van der Waals surface area contributed by atoms with E-state index in [1.54, 1.807) is 17.9 Å². The number of carbonyl (C=O) groups is 2. The number of anilines is 2. The van der Waals surface area contributed by atoms with Gasteiger partial charge in [0.15, 0.2) is 11.5 Å². The Balaban J connectivity index is 1.99. The number of sulfonamides is 1. The molecule has 1 N–H and O–H groups in total. The van der Waals surface area contributed by atoms with Gasteiger partial charge in [-0.2, -0.15) is 0 Å². The van der Waals surface area contributed by atoms with Crippen LogP contribution in [0, 0.1) is 6.92 Å². The summed E-state index contributed by atoms with van der Waals surface area (Å²) in [4.78, 5) is 25.9. The SMILES string of the molecule is COC(=O)c1cc(OC)c(OC)cc1NS(=O)(=O)c1ccc(N2CCCC2=O)c(C)c1. The van der Waals surface area contributed by atoms with Crippen molar-refractivity contribution < 1.29 is 32.2 Å². The van der Waals surface area contributed by atoms with Crippen molar-refractivity contribution in [3.63, 3.8) is 0 Å². The van der Waals surface area contributed by atoms with Crippen molar-refractivity contribution in [2.75, 3.05) is 37.5 Å². The van der Waals surface area contributed by atoms with Gasteiger partial charge in [-0.15, -0.1) is 0 Å². The fourth-order valence-electron chi connectivity index (χ4n) is 3.45. The molecule has 0 aromatic heterocycles. The Kier molecular flexibility index (Phi) is 6.40. The summed E-state index contributed by atoms with van der Waals surface area (Å²) in [6.45, 7) is 2.36. The van der Waals surface area contributed by atoms with Gasteiger partial charge in [-0.1, -0.05) is 0 Å². The van der Waals surface area contributed by atoms with E-state index >= 15 is 0 Å². The molecule has 1 fully saturated rings. The Morgan fingerprint density at radius 2 is 1.74 bits per heavy atom. The molecule has 31 heavy (non-hydrogen) atoms. The lowest BCUT2D eigenvalue weighted by atomic mass is 10.1. The predicted octanol–water partition coefficient (Wildman–Crippen LogP) is 2.73. The first-order valence-electron chi connectivity index (χ1n) is 9.50. The van der Waals surface area contributed by atoms with Crippen LogP contribution in [0.5, 0.6) is 11.5 Å². The normalized spacial score (nSPS) is 13.8. The van der Waals surface area contributed by atoms with Gasteiger partial charge in [-0.25, -0.2) is 13.2 Å². The first-order chi connectivity index (χ1) is 14.7. The number of hydrogen-bond donors (Lipinski definition) is 1. The van der Waals surface area contributed by atoms with Crippen molar-refractivity contribution in [3.8, 4) is 11.5 Å². The highest BCUT2D eigenvalue weighted by atomic mass is 32.2. The highest BCUT2D eigenvalue weighted by Gasteiger charge is 2.26. The van der Waals surface area contributed by atoms with Crippen LogP contribution in [0.2, 0.25) is 0 Å². The number of nitrogens with zero attached hydrogens (tertiary/aromatic N) is 1. The predicted molar refractivity (Wildman–Crippen MR) is 114 cm³/mol. The zero-order valence-electron chi connectivity index (χ0n) is 17.7. The number of aryl methyl sites for hydroxylation is 1. The van der Waals surface area contributed by atoms with Crippen LogP contribution in [0.1, 0.15) is 28.8 Å². The summed E-state index contributed by atoms with van der Waals surface area (Å²) in [6.07, 6.45) is 1.26. The Hall–Kier alpha value is -3.27. The van der Waals surface area contributed by atoms with E-state index < -0.39 is 16.0 Å². The minimum atomic E-state index is -4.06. The second kappa shape index (κ2) is 8.84. The largest absolute Gasteiger partial charge is 0.493 e. The lowest BCUT2D eigenvalue weighted by Gasteiger charge is -2.19. The summed E-state index contributed by atoms with van der Waals surface area (Å²) >= 11 is 0. The maximum Gasteiger partial charge on any atom is 0.340 e. The molecule has 1 amide bonds. The van der Waals surface area contributed by atoms with Crippen molar-refractivity contribution in [1.29, 1.82) is 0 Å². The van der Waals surface area contributed by atoms with Gasteiger partial charge in [0.05, 0.1) is 37.5 Å². The summed E-state index contributed by atoms with van der Waals surface area (Å²) in [5.74, 6) is -0.226. The number of carbonyl (C=O) groups excluding carboxylic acids is 2. The summed E-state index contributed by atoms with van der Waals surface area (Å²) in [5, 5.41) is 0. The first-order valence-corrected chi connectivity index (χ1v) is 11.0. The van der Waals surface area contributed by atoms with E-state index in [-0.39, 0.29) is 33.6 Å². The molecule has 0 bridgehead atoms. The van der Waals surface area contributed by atoms with Crippen LogP contribution in [0.25, 0.3) is 0 Å². The zero-order valence-corrected chi connectivity index (χ0v) is 18.5. The monoisotopic (exact) mass is 448 g/mol. The molecule has 0 radical (unpaired) electrons. The molecule has 166 valence electrons. The second-order valence-electron chi connectivity index (χ2n) is 6.95. The quantitative estimate of drug-likeness (QED) is 0.648. The maximum atomic E-state index is 13.1. The fraction of sp³-hybridized carbons (Fsp3) is 0.333. The molecular formula is C21H24N2O7S. The van der Waals surface area contributed by atoms with Crippen LogP contribution in [-0.4, -0.2) is 48.2 Å². The lowest BCUT2D eigenvalue weighted by Crippen LogP contribution is -2.24. The molecule has 1 aliphatic heterocycles. The molecule has 0 spiro atoms. The lowest BCUT2D eigenvalue weighted by molar-refractivity contribution is -0.117. The molecule has 0 atom stereocenters. The van der Waals surface area contributed by atoms with Gasteiger partial charge in [0.2, 0.25) is 5.91 Å². The minimum absolute atomic E-state index is 0.00834. The van der Waals surface area contributed by atoms with Crippen LogP contribution < -0.4 is 19.1 Å². The molecule has 10 heteroatoms. The first kappa shape index (κ1) is 22.4. The zero-order chi connectivity index (χ0) is 22.8. The van der Waals surface area contributed by atoms with Gasteiger partial charge in [0.1, 0.15) is 0 Å². The Morgan fingerprint density at radius 3 is 2.29 bits per heavy atom. The summed E-state index contributed by atoms with van der Waals surface area (Å²) in [5.41, 5.74) is 1.29. The highest BCUT2D eigenvalue weighted by molar-refractivity contribution is 7.92. The number of hydrogen-bond acceptors (Lipinski definition) is 7. The third-order valence-electron chi connectivity index (χ3n) is 5.02. The van der Waals surface area contributed by atoms with Gasteiger partial charge >= 0.3 is 5.97 Å². The summed E-state index contributed by atoms with van der Waals surface area (Å²) in [6, 6.07) is 7.22. The topological polar surface area (TPSA) is 111 Å². The highest BCUT2D eigenvalue weighted by Crippen LogP contribution is 2.35. The molecule has 1 aliphatic rings. The number of ether oxygens (including phenoxy) is 3. The molecule has 0 unspecified atom stereocenters. The summed E-state index contributed by atoms with van der Waals surface area (Å²) < 4.78 is 43.7. The molecular weight excluding hydrogens is 424 g/mol. The number of benzene rings is 2. The van der Waals surface area contributed by atoms with Gasteiger partial charge in [0, 0.05) is 30.8 Å². The van der Waals surface area contributed by atoms with Crippen LogP contribution in [-0.2, 0) is 19.6 Å². The molecule has 1 heterocycles. The van der Waals surface area contributed by atoms with Crippen molar-refractivity contribution >= 4 is 33.3 Å². The summed E-state index contributed by atoms with van der Waals surface area (Å²) in [7, 11) is -0.0630. The Bertz CT molecular complexity index is 1130. The van der Waals surface area contributed by atoms with E-state index in [9.17, 15) is 18.0 Å². The third kappa shape index (κ3) is 4.43. The number of nitrogens with one attached hydrogen (secondary N) is 1. The van der Waals surface area contributed by atoms with E-state index in [0.29, 0.717) is 24.2 Å². The van der Waals surface area contributed by atoms with Crippen molar-refractivity contribution in [3.05, 3.63) is 41.5 Å². The van der Waals surface area contributed by atoms with Crippen molar-refractivity contribution in [1.82, 2.24) is 0 Å². The molecule has 2 aromatic rings.